The zero-order valence-electron chi connectivity index (χ0n) is 12.2. The molecule has 18 heavy (non-hydrogen) atoms. The number of carbonyl (C=O) groups excluding carboxylic acids is 1. The summed E-state index contributed by atoms with van der Waals surface area (Å²) in [5.74, 6) is -0.0835. The van der Waals surface area contributed by atoms with Crippen molar-refractivity contribution in [1.29, 1.82) is 0 Å². The fourth-order valence-electron chi connectivity index (χ4n) is 1.95. The molecule has 0 spiro atoms. The molecule has 1 N–H and O–H groups in total. The van der Waals surface area contributed by atoms with Gasteiger partial charge in [0.25, 0.3) is 0 Å². The molecular formula is C15H30NO2. The normalized spacial score (nSPS) is 12.4. The first-order chi connectivity index (χ1) is 8.70. The van der Waals surface area contributed by atoms with Crippen LogP contribution in [0.2, 0.25) is 0 Å². The number of amides is 1. The molecule has 0 saturated carbocycles. The maximum absolute atomic E-state index is 11.3. The summed E-state index contributed by atoms with van der Waals surface area (Å²) >= 11 is 0. The molecule has 3 heteroatoms. The van der Waals surface area contributed by atoms with Crippen LogP contribution < -0.4 is 5.32 Å². The molecule has 0 saturated heterocycles. The second kappa shape index (κ2) is 12.9. The molecule has 0 aromatic heterocycles. The Hall–Kier alpha value is -0.570. The molecular weight excluding hydrogens is 226 g/mol. The van der Waals surface area contributed by atoms with Crippen LogP contribution in [0.15, 0.2) is 0 Å². The molecule has 0 aliphatic heterocycles. The summed E-state index contributed by atoms with van der Waals surface area (Å²) in [5, 5.41) is 13.5. The van der Waals surface area contributed by atoms with Crippen LogP contribution in [0, 0.1) is 0 Å². The van der Waals surface area contributed by atoms with E-state index in [4.69, 9.17) is 0 Å². The van der Waals surface area contributed by atoms with Crippen LogP contribution in [0.1, 0.15) is 84.5 Å². The van der Waals surface area contributed by atoms with Gasteiger partial charge in [0.2, 0.25) is 5.91 Å². The minimum atomic E-state index is -0.920. The third kappa shape index (κ3) is 11.9. The van der Waals surface area contributed by atoms with E-state index >= 15 is 0 Å². The van der Waals surface area contributed by atoms with Gasteiger partial charge in [-0.25, -0.2) is 5.11 Å². The van der Waals surface area contributed by atoms with Crippen molar-refractivity contribution in [3.63, 3.8) is 0 Å². The largest absolute Gasteiger partial charge is 0.328 e. The summed E-state index contributed by atoms with van der Waals surface area (Å²) in [5.41, 5.74) is 0. The van der Waals surface area contributed by atoms with Crippen LogP contribution in [0.3, 0.4) is 0 Å². The Morgan fingerprint density at radius 2 is 1.39 bits per heavy atom. The highest BCUT2D eigenvalue weighted by molar-refractivity contribution is 5.75. The molecule has 1 atom stereocenters. The van der Waals surface area contributed by atoms with Crippen molar-refractivity contribution < 1.29 is 9.90 Å². The van der Waals surface area contributed by atoms with Gasteiger partial charge in [0, 0.05) is 6.42 Å². The van der Waals surface area contributed by atoms with E-state index in [1.807, 2.05) is 0 Å². The maximum Gasteiger partial charge on any atom is 0.222 e. The molecule has 1 radical (unpaired) electrons. The lowest BCUT2D eigenvalue weighted by molar-refractivity contribution is -0.125. The predicted octanol–water partition coefficient (Wildman–Crippen LogP) is 4.19. The van der Waals surface area contributed by atoms with Crippen LogP contribution in [-0.2, 0) is 9.90 Å². The van der Waals surface area contributed by atoms with Gasteiger partial charge in [0.05, 0.1) is 0 Å². The monoisotopic (exact) mass is 256 g/mol. The first-order valence-electron chi connectivity index (χ1n) is 7.65. The number of hydrogen-bond donors (Lipinski definition) is 1. The Morgan fingerprint density at radius 3 is 1.89 bits per heavy atom. The molecule has 0 aliphatic rings. The number of nitrogens with one attached hydrogen (secondary N) is 1. The zero-order valence-corrected chi connectivity index (χ0v) is 12.2. The van der Waals surface area contributed by atoms with Gasteiger partial charge >= 0.3 is 0 Å². The second-order valence-electron chi connectivity index (χ2n) is 5.04. The van der Waals surface area contributed by atoms with Gasteiger partial charge < -0.3 is 5.32 Å². The molecule has 0 aromatic carbocycles. The molecule has 0 aromatic rings. The van der Waals surface area contributed by atoms with Gasteiger partial charge in [-0.15, -0.1) is 0 Å². The lowest BCUT2D eigenvalue weighted by Gasteiger charge is -2.08. The summed E-state index contributed by atoms with van der Waals surface area (Å²) in [4.78, 5) is 11.3. The van der Waals surface area contributed by atoms with E-state index in [0.717, 1.165) is 12.8 Å². The Bertz CT molecular complexity index is 195. The van der Waals surface area contributed by atoms with E-state index in [1.165, 1.54) is 44.9 Å². The summed E-state index contributed by atoms with van der Waals surface area (Å²) in [6, 6.07) is 0. The van der Waals surface area contributed by atoms with Crippen LogP contribution >= 0.6 is 0 Å². The van der Waals surface area contributed by atoms with Crippen molar-refractivity contribution in [3.8, 4) is 0 Å². The SMILES string of the molecule is CCCCCCCCCCCC(=O)NC([O])CC. The molecule has 0 aliphatic carbocycles. The molecule has 107 valence electrons. The van der Waals surface area contributed by atoms with Crippen LogP contribution in [0.25, 0.3) is 0 Å². The van der Waals surface area contributed by atoms with Crippen LogP contribution in [-0.4, -0.2) is 12.1 Å². The van der Waals surface area contributed by atoms with E-state index in [2.05, 4.69) is 12.2 Å². The summed E-state index contributed by atoms with van der Waals surface area (Å²) in [7, 11) is 0. The molecule has 1 unspecified atom stereocenters. The summed E-state index contributed by atoms with van der Waals surface area (Å²) in [6.07, 6.45) is 11.3. The first kappa shape index (κ1) is 17.4. The molecule has 0 rings (SSSR count). The topological polar surface area (TPSA) is 49.0 Å². The van der Waals surface area contributed by atoms with Crippen LogP contribution in [0.5, 0.6) is 0 Å². The number of carbonyl (C=O) groups is 1. The van der Waals surface area contributed by atoms with E-state index in [0.29, 0.717) is 12.8 Å². The van der Waals surface area contributed by atoms with Gasteiger partial charge in [0.15, 0.2) is 6.23 Å². The first-order valence-corrected chi connectivity index (χ1v) is 7.65. The van der Waals surface area contributed by atoms with Gasteiger partial charge in [-0.05, 0) is 12.8 Å². The second-order valence-corrected chi connectivity index (χ2v) is 5.04. The summed E-state index contributed by atoms with van der Waals surface area (Å²) < 4.78 is 0. The van der Waals surface area contributed by atoms with Crippen molar-refractivity contribution >= 4 is 5.91 Å². The average molecular weight is 256 g/mol. The van der Waals surface area contributed by atoms with Gasteiger partial charge in [-0.1, -0.05) is 65.2 Å². The van der Waals surface area contributed by atoms with Crippen molar-refractivity contribution in [2.45, 2.75) is 90.7 Å². The third-order valence-electron chi connectivity index (χ3n) is 3.20. The highest BCUT2D eigenvalue weighted by Crippen LogP contribution is 2.10. The quantitative estimate of drug-likeness (QED) is 0.413. The number of rotatable bonds is 12. The van der Waals surface area contributed by atoms with E-state index in [1.54, 1.807) is 6.92 Å². The van der Waals surface area contributed by atoms with E-state index < -0.39 is 6.23 Å². The van der Waals surface area contributed by atoms with Crippen molar-refractivity contribution in [2.75, 3.05) is 0 Å². The molecule has 0 bridgehead atoms. The van der Waals surface area contributed by atoms with Crippen molar-refractivity contribution in [3.05, 3.63) is 0 Å². The maximum atomic E-state index is 11.3. The predicted molar refractivity (Wildman–Crippen MR) is 74.8 cm³/mol. The lowest BCUT2D eigenvalue weighted by Crippen LogP contribution is -2.32. The van der Waals surface area contributed by atoms with Crippen molar-refractivity contribution in [2.24, 2.45) is 0 Å². The smallest absolute Gasteiger partial charge is 0.222 e. The van der Waals surface area contributed by atoms with E-state index in [9.17, 15) is 9.90 Å². The Labute approximate surface area is 112 Å². The van der Waals surface area contributed by atoms with Gasteiger partial charge in [-0.3, -0.25) is 4.79 Å². The highest BCUT2D eigenvalue weighted by Gasteiger charge is 2.06. The van der Waals surface area contributed by atoms with Crippen molar-refractivity contribution in [1.82, 2.24) is 5.32 Å². The molecule has 0 fully saturated rings. The number of unbranched alkanes of at least 4 members (excludes halogenated alkanes) is 8. The lowest BCUT2D eigenvalue weighted by atomic mass is 10.1. The van der Waals surface area contributed by atoms with Crippen LogP contribution in [0.4, 0.5) is 0 Å². The van der Waals surface area contributed by atoms with E-state index in [-0.39, 0.29) is 5.91 Å². The third-order valence-corrected chi connectivity index (χ3v) is 3.20. The Kier molecular flexibility index (Phi) is 12.5. The molecule has 3 nitrogen and oxygen atoms in total. The minimum absolute atomic E-state index is 0.0835. The summed E-state index contributed by atoms with van der Waals surface area (Å²) in [6.45, 7) is 4.02. The fourth-order valence-corrected chi connectivity index (χ4v) is 1.95. The number of hydrogen-bond acceptors (Lipinski definition) is 1. The molecule has 1 amide bonds. The average Bonchev–Trinajstić information content (AvgIpc) is 2.36. The standard InChI is InChI=1S/C15H30NO2/c1-3-5-6-7-8-9-10-11-12-13-15(18)16-14(17)4-2/h14H,3-13H2,1-2H3,(H,16,18). The Morgan fingerprint density at radius 1 is 0.889 bits per heavy atom. The van der Waals surface area contributed by atoms with Gasteiger partial charge in [0.1, 0.15) is 0 Å². The molecule has 0 heterocycles. The fraction of sp³-hybridized carbons (Fsp3) is 0.933. The zero-order chi connectivity index (χ0) is 13.6. The Balaban J connectivity index is 3.17. The minimum Gasteiger partial charge on any atom is -0.328 e. The highest BCUT2D eigenvalue weighted by atomic mass is 16.3. The van der Waals surface area contributed by atoms with Gasteiger partial charge in [-0.2, -0.15) is 0 Å².